The number of aliphatic hydroxyl groups is 1. The molecular weight excluding hydrogens is 262 g/mol. The lowest BCUT2D eigenvalue weighted by Gasteiger charge is -2.28. The van der Waals surface area contributed by atoms with Crippen LogP contribution >= 0.6 is 0 Å². The minimum absolute atomic E-state index is 0.151. The van der Waals surface area contributed by atoms with Crippen LogP contribution in [-0.2, 0) is 6.54 Å². The Morgan fingerprint density at radius 2 is 2.10 bits per heavy atom. The predicted octanol–water partition coefficient (Wildman–Crippen LogP) is 2.96. The van der Waals surface area contributed by atoms with Gasteiger partial charge in [0.1, 0.15) is 0 Å². The van der Waals surface area contributed by atoms with Gasteiger partial charge in [0.2, 0.25) is 0 Å². The SMILES string of the molecule is CCCNC(C)(CO)CCCCn1ncc2ccccc21. The molecule has 2 rings (SSSR count). The number of unbranched alkanes of at least 4 members (excludes halogenated alkanes) is 1. The smallest absolute Gasteiger partial charge is 0.0682 e. The van der Waals surface area contributed by atoms with Crippen LogP contribution in [0.25, 0.3) is 10.9 Å². The van der Waals surface area contributed by atoms with E-state index in [2.05, 4.69) is 47.1 Å². The van der Waals surface area contributed by atoms with E-state index in [1.165, 1.54) is 10.9 Å². The van der Waals surface area contributed by atoms with Crippen molar-refractivity contribution in [3.63, 3.8) is 0 Å². The zero-order chi connectivity index (χ0) is 15.1. The quantitative estimate of drug-likeness (QED) is 0.698. The Morgan fingerprint density at radius 3 is 2.86 bits per heavy atom. The molecule has 1 aromatic carbocycles. The van der Waals surface area contributed by atoms with Crippen molar-refractivity contribution in [3.05, 3.63) is 30.5 Å². The number of aryl methyl sites for hydroxylation is 1. The molecule has 0 aliphatic heterocycles. The number of aromatic nitrogens is 2. The van der Waals surface area contributed by atoms with Crippen LogP contribution in [0.15, 0.2) is 30.5 Å². The number of rotatable bonds is 9. The summed E-state index contributed by atoms with van der Waals surface area (Å²) >= 11 is 0. The van der Waals surface area contributed by atoms with Crippen molar-refractivity contribution >= 4 is 10.9 Å². The molecule has 0 aliphatic rings. The molecule has 116 valence electrons. The molecule has 0 radical (unpaired) electrons. The van der Waals surface area contributed by atoms with Gasteiger partial charge >= 0.3 is 0 Å². The first-order valence-corrected chi connectivity index (χ1v) is 7.95. The van der Waals surface area contributed by atoms with Crippen molar-refractivity contribution in [1.29, 1.82) is 0 Å². The van der Waals surface area contributed by atoms with Gasteiger partial charge in [-0.3, -0.25) is 4.68 Å². The van der Waals surface area contributed by atoms with E-state index in [4.69, 9.17) is 0 Å². The van der Waals surface area contributed by atoms with Crippen LogP contribution < -0.4 is 5.32 Å². The summed E-state index contributed by atoms with van der Waals surface area (Å²) in [5.41, 5.74) is 1.05. The molecule has 2 aromatic rings. The molecule has 1 aromatic heterocycles. The van der Waals surface area contributed by atoms with Gasteiger partial charge in [0.15, 0.2) is 0 Å². The average Bonchev–Trinajstić information content (AvgIpc) is 2.93. The van der Waals surface area contributed by atoms with Gasteiger partial charge in [-0.25, -0.2) is 0 Å². The van der Waals surface area contributed by atoms with Crippen LogP contribution in [0, 0.1) is 0 Å². The van der Waals surface area contributed by atoms with Crippen LogP contribution in [0.3, 0.4) is 0 Å². The fraction of sp³-hybridized carbons (Fsp3) is 0.588. The van der Waals surface area contributed by atoms with E-state index in [-0.39, 0.29) is 12.1 Å². The lowest BCUT2D eigenvalue weighted by Crippen LogP contribution is -2.46. The minimum atomic E-state index is -0.151. The van der Waals surface area contributed by atoms with Crippen LogP contribution in [0.2, 0.25) is 0 Å². The summed E-state index contributed by atoms with van der Waals surface area (Å²) in [7, 11) is 0. The Kier molecular flexibility index (Phi) is 5.76. The highest BCUT2D eigenvalue weighted by Crippen LogP contribution is 2.16. The van der Waals surface area contributed by atoms with Gasteiger partial charge in [0, 0.05) is 17.5 Å². The summed E-state index contributed by atoms with van der Waals surface area (Å²) in [5.74, 6) is 0. The van der Waals surface area contributed by atoms with Gasteiger partial charge in [0.05, 0.1) is 18.3 Å². The maximum Gasteiger partial charge on any atom is 0.0682 e. The van der Waals surface area contributed by atoms with Crippen LogP contribution in [0.4, 0.5) is 0 Å². The Labute approximate surface area is 127 Å². The highest BCUT2D eigenvalue weighted by molar-refractivity contribution is 5.78. The van der Waals surface area contributed by atoms with E-state index in [1.54, 1.807) is 0 Å². The summed E-state index contributed by atoms with van der Waals surface area (Å²) in [6.07, 6.45) is 6.17. The molecule has 0 bridgehead atoms. The summed E-state index contributed by atoms with van der Waals surface area (Å²) in [4.78, 5) is 0. The Bertz CT molecular complexity index is 552. The van der Waals surface area contributed by atoms with Gasteiger partial charge in [-0.15, -0.1) is 0 Å². The van der Waals surface area contributed by atoms with Crippen molar-refractivity contribution in [2.75, 3.05) is 13.2 Å². The van der Waals surface area contributed by atoms with E-state index >= 15 is 0 Å². The van der Waals surface area contributed by atoms with Crippen LogP contribution in [0.1, 0.15) is 39.5 Å². The number of hydrogen-bond acceptors (Lipinski definition) is 3. The molecule has 21 heavy (non-hydrogen) atoms. The zero-order valence-corrected chi connectivity index (χ0v) is 13.2. The molecule has 1 atom stereocenters. The highest BCUT2D eigenvalue weighted by atomic mass is 16.3. The normalized spacial score (nSPS) is 14.4. The van der Waals surface area contributed by atoms with Gasteiger partial charge < -0.3 is 10.4 Å². The maximum absolute atomic E-state index is 9.56. The molecule has 0 amide bonds. The monoisotopic (exact) mass is 289 g/mol. The molecule has 4 nitrogen and oxygen atoms in total. The number of nitrogens with one attached hydrogen (secondary N) is 1. The van der Waals surface area contributed by atoms with Crippen molar-refractivity contribution in [2.24, 2.45) is 0 Å². The number of hydrogen-bond donors (Lipinski definition) is 2. The lowest BCUT2D eigenvalue weighted by atomic mass is 9.95. The average molecular weight is 289 g/mol. The molecular formula is C17H27N3O. The third-order valence-electron chi connectivity index (χ3n) is 4.05. The van der Waals surface area contributed by atoms with Gasteiger partial charge in [-0.2, -0.15) is 5.10 Å². The van der Waals surface area contributed by atoms with Gasteiger partial charge in [-0.1, -0.05) is 25.1 Å². The standard InChI is InChI=1S/C17H27N3O/c1-3-11-18-17(2,14-21)10-6-7-12-20-16-9-5-4-8-15(16)13-19-20/h4-5,8-9,13,18,21H,3,6-7,10-12,14H2,1-2H3. The van der Waals surface area contributed by atoms with Crippen molar-refractivity contribution in [2.45, 2.75) is 51.6 Å². The van der Waals surface area contributed by atoms with Crippen molar-refractivity contribution < 1.29 is 5.11 Å². The fourth-order valence-corrected chi connectivity index (χ4v) is 2.63. The molecule has 4 heteroatoms. The summed E-state index contributed by atoms with van der Waals surface area (Å²) < 4.78 is 2.07. The van der Waals surface area contributed by atoms with Gasteiger partial charge in [-0.05, 0) is 45.2 Å². The Hall–Kier alpha value is -1.39. The molecule has 0 saturated heterocycles. The van der Waals surface area contributed by atoms with Crippen molar-refractivity contribution in [1.82, 2.24) is 15.1 Å². The number of fused-ring (bicyclic) bond motifs is 1. The second kappa shape index (κ2) is 7.57. The largest absolute Gasteiger partial charge is 0.394 e. The van der Waals surface area contributed by atoms with Crippen LogP contribution in [0.5, 0.6) is 0 Å². The van der Waals surface area contributed by atoms with E-state index in [0.29, 0.717) is 0 Å². The van der Waals surface area contributed by atoms with E-state index in [1.807, 2.05) is 12.3 Å². The third kappa shape index (κ3) is 4.29. The summed E-state index contributed by atoms with van der Waals surface area (Å²) in [6, 6.07) is 8.30. The first kappa shape index (κ1) is 16.0. The van der Waals surface area contributed by atoms with E-state index in [0.717, 1.165) is 38.8 Å². The number of benzene rings is 1. The first-order valence-electron chi connectivity index (χ1n) is 7.95. The van der Waals surface area contributed by atoms with Crippen molar-refractivity contribution in [3.8, 4) is 0 Å². The molecule has 0 fully saturated rings. The summed E-state index contributed by atoms with van der Waals surface area (Å²) in [6.45, 7) is 6.33. The molecule has 1 unspecified atom stereocenters. The number of nitrogens with zero attached hydrogens (tertiary/aromatic N) is 2. The fourth-order valence-electron chi connectivity index (χ4n) is 2.63. The second-order valence-corrected chi connectivity index (χ2v) is 6.03. The topological polar surface area (TPSA) is 50.1 Å². The summed E-state index contributed by atoms with van der Waals surface area (Å²) in [5, 5.41) is 18.7. The number of aliphatic hydroxyl groups excluding tert-OH is 1. The Morgan fingerprint density at radius 1 is 1.29 bits per heavy atom. The molecule has 2 N–H and O–H groups in total. The molecule has 1 heterocycles. The highest BCUT2D eigenvalue weighted by Gasteiger charge is 2.21. The predicted molar refractivity (Wildman–Crippen MR) is 87.4 cm³/mol. The molecule has 0 aliphatic carbocycles. The second-order valence-electron chi connectivity index (χ2n) is 6.03. The minimum Gasteiger partial charge on any atom is -0.394 e. The lowest BCUT2D eigenvalue weighted by molar-refractivity contribution is 0.162. The first-order chi connectivity index (χ1) is 10.2. The number of para-hydroxylation sites is 1. The van der Waals surface area contributed by atoms with E-state index in [9.17, 15) is 5.11 Å². The molecule has 0 spiro atoms. The Balaban J connectivity index is 1.81. The molecule has 0 saturated carbocycles. The maximum atomic E-state index is 9.56. The zero-order valence-electron chi connectivity index (χ0n) is 13.2. The van der Waals surface area contributed by atoms with Crippen LogP contribution in [-0.4, -0.2) is 33.6 Å². The van der Waals surface area contributed by atoms with Gasteiger partial charge in [0.25, 0.3) is 0 Å². The van der Waals surface area contributed by atoms with E-state index < -0.39 is 0 Å². The third-order valence-corrected chi connectivity index (χ3v) is 4.05.